The molecule has 2 nitrogen and oxygen atoms in total. The molecule has 2 rings (SSSR count). The van der Waals surface area contributed by atoms with Gasteiger partial charge in [-0.2, -0.15) is 0 Å². The van der Waals surface area contributed by atoms with E-state index in [4.69, 9.17) is 4.74 Å². The van der Waals surface area contributed by atoms with Crippen molar-refractivity contribution < 1.29 is 4.74 Å². The molecule has 0 aliphatic rings. The van der Waals surface area contributed by atoms with E-state index in [1.807, 2.05) is 6.92 Å². The van der Waals surface area contributed by atoms with E-state index in [2.05, 4.69) is 67.7 Å². The van der Waals surface area contributed by atoms with Gasteiger partial charge in [0.25, 0.3) is 0 Å². The molecule has 0 heterocycles. The molecule has 0 aromatic heterocycles. The summed E-state index contributed by atoms with van der Waals surface area (Å²) in [6, 6.07) is 17.2. The van der Waals surface area contributed by atoms with E-state index in [0.717, 1.165) is 12.3 Å². The molecule has 0 aliphatic carbocycles. The van der Waals surface area contributed by atoms with Crippen LogP contribution in [-0.2, 0) is 11.3 Å². The van der Waals surface area contributed by atoms with Crippen molar-refractivity contribution in [2.75, 3.05) is 11.9 Å². The summed E-state index contributed by atoms with van der Waals surface area (Å²) in [6.45, 7) is 7.72. The van der Waals surface area contributed by atoms with Crippen LogP contribution in [0.1, 0.15) is 36.6 Å². The third-order valence-corrected chi connectivity index (χ3v) is 3.39. The Morgan fingerprint density at radius 2 is 1.90 bits per heavy atom. The van der Waals surface area contributed by atoms with Crippen molar-refractivity contribution in [3.8, 4) is 0 Å². The third-order valence-electron chi connectivity index (χ3n) is 3.39. The highest BCUT2D eigenvalue weighted by molar-refractivity contribution is 5.52. The summed E-state index contributed by atoms with van der Waals surface area (Å²) in [4.78, 5) is 0. The van der Waals surface area contributed by atoms with Gasteiger partial charge in [-0.1, -0.05) is 48.0 Å². The van der Waals surface area contributed by atoms with Gasteiger partial charge >= 0.3 is 0 Å². The average molecular weight is 269 g/mol. The zero-order valence-electron chi connectivity index (χ0n) is 12.5. The largest absolute Gasteiger partial charge is 0.378 e. The van der Waals surface area contributed by atoms with E-state index in [0.29, 0.717) is 6.61 Å². The normalized spacial score (nSPS) is 12.2. The van der Waals surface area contributed by atoms with E-state index < -0.39 is 0 Å². The van der Waals surface area contributed by atoms with Gasteiger partial charge in [0.15, 0.2) is 0 Å². The average Bonchev–Trinajstić information content (AvgIpc) is 2.46. The molecule has 2 heteroatoms. The predicted molar refractivity (Wildman–Crippen MR) is 85.0 cm³/mol. The fraction of sp³-hybridized carbons (Fsp3) is 0.333. The van der Waals surface area contributed by atoms with E-state index in [1.165, 1.54) is 16.7 Å². The lowest BCUT2D eigenvalue weighted by molar-refractivity contribution is 0.134. The molecule has 0 fully saturated rings. The van der Waals surface area contributed by atoms with Crippen LogP contribution < -0.4 is 5.32 Å². The molecule has 106 valence electrons. The van der Waals surface area contributed by atoms with Gasteiger partial charge in [0.2, 0.25) is 0 Å². The standard InChI is InChI=1S/C18H23NO/c1-4-20-13-17-9-5-6-11-18(17)19-15(3)16-10-7-8-14(2)12-16/h5-12,15,19H,4,13H2,1-3H3. The lowest BCUT2D eigenvalue weighted by Crippen LogP contribution is -2.09. The maximum Gasteiger partial charge on any atom is 0.0736 e. The highest BCUT2D eigenvalue weighted by atomic mass is 16.5. The van der Waals surface area contributed by atoms with Gasteiger partial charge in [-0.3, -0.25) is 0 Å². The number of benzene rings is 2. The van der Waals surface area contributed by atoms with Crippen molar-refractivity contribution >= 4 is 5.69 Å². The highest BCUT2D eigenvalue weighted by Gasteiger charge is 2.08. The number of para-hydroxylation sites is 1. The van der Waals surface area contributed by atoms with E-state index >= 15 is 0 Å². The lowest BCUT2D eigenvalue weighted by Gasteiger charge is -2.19. The van der Waals surface area contributed by atoms with Crippen LogP contribution >= 0.6 is 0 Å². The number of ether oxygens (including phenoxy) is 1. The molecule has 0 spiro atoms. The Bertz CT molecular complexity index is 551. The summed E-state index contributed by atoms with van der Waals surface area (Å²) in [5.74, 6) is 0. The molecule has 1 atom stereocenters. The molecule has 2 aromatic carbocycles. The van der Waals surface area contributed by atoms with Crippen molar-refractivity contribution in [1.29, 1.82) is 0 Å². The zero-order valence-corrected chi connectivity index (χ0v) is 12.5. The number of rotatable bonds is 6. The first-order valence-electron chi connectivity index (χ1n) is 7.19. The van der Waals surface area contributed by atoms with Crippen LogP contribution in [0.2, 0.25) is 0 Å². The predicted octanol–water partition coefficient (Wildman–Crippen LogP) is 4.70. The second-order valence-corrected chi connectivity index (χ2v) is 5.07. The Hall–Kier alpha value is -1.80. The molecular weight excluding hydrogens is 246 g/mol. The van der Waals surface area contributed by atoms with Gasteiger partial charge < -0.3 is 10.1 Å². The van der Waals surface area contributed by atoms with Gasteiger partial charge in [-0.15, -0.1) is 0 Å². The van der Waals surface area contributed by atoms with Crippen LogP contribution in [0.25, 0.3) is 0 Å². The Kier molecular flexibility index (Phi) is 5.19. The summed E-state index contributed by atoms with van der Waals surface area (Å²) in [7, 11) is 0. The van der Waals surface area contributed by atoms with Crippen LogP contribution in [0.5, 0.6) is 0 Å². The first-order chi connectivity index (χ1) is 9.70. The second-order valence-electron chi connectivity index (χ2n) is 5.07. The number of aryl methyl sites for hydroxylation is 1. The second kappa shape index (κ2) is 7.11. The summed E-state index contributed by atoms with van der Waals surface area (Å²) in [6.07, 6.45) is 0. The fourth-order valence-electron chi connectivity index (χ4n) is 2.26. The summed E-state index contributed by atoms with van der Waals surface area (Å²) < 4.78 is 5.53. The van der Waals surface area contributed by atoms with E-state index in [-0.39, 0.29) is 6.04 Å². The maximum absolute atomic E-state index is 5.53. The molecule has 20 heavy (non-hydrogen) atoms. The molecule has 0 saturated heterocycles. The SMILES string of the molecule is CCOCc1ccccc1NC(C)c1cccc(C)c1. The molecule has 1 N–H and O–H groups in total. The molecule has 0 saturated carbocycles. The molecule has 0 radical (unpaired) electrons. The zero-order chi connectivity index (χ0) is 14.4. The number of anilines is 1. The van der Waals surface area contributed by atoms with E-state index in [1.54, 1.807) is 0 Å². The Morgan fingerprint density at radius 3 is 2.65 bits per heavy atom. The van der Waals surface area contributed by atoms with Gasteiger partial charge in [0, 0.05) is 23.9 Å². The van der Waals surface area contributed by atoms with Crippen LogP contribution in [0.15, 0.2) is 48.5 Å². The van der Waals surface area contributed by atoms with Crippen LogP contribution in [0.3, 0.4) is 0 Å². The molecule has 0 bridgehead atoms. The highest BCUT2D eigenvalue weighted by Crippen LogP contribution is 2.23. The van der Waals surface area contributed by atoms with Crippen LogP contribution in [-0.4, -0.2) is 6.61 Å². The lowest BCUT2D eigenvalue weighted by atomic mass is 10.0. The number of hydrogen-bond acceptors (Lipinski definition) is 2. The molecular formula is C18H23NO. The summed E-state index contributed by atoms with van der Waals surface area (Å²) >= 11 is 0. The van der Waals surface area contributed by atoms with Crippen molar-refractivity contribution in [1.82, 2.24) is 0 Å². The van der Waals surface area contributed by atoms with Gasteiger partial charge in [0.05, 0.1) is 6.61 Å². The van der Waals surface area contributed by atoms with Crippen LogP contribution in [0.4, 0.5) is 5.69 Å². The Morgan fingerprint density at radius 1 is 1.10 bits per heavy atom. The third kappa shape index (κ3) is 3.84. The minimum Gasteiger partial charge on any atom is -0.378 e. The monoisotopic (exact) mass is 269 g/mol. The van der Waals surface area contributed by atoms with Crippen molar-refractivity contribution in [3.63, 3.8) is 0 Å². The fourth-order valence-corrected chi connectivity index (χ4v) is 2.26. The quantitative estimate of drug-likeness (QED) is 0.820. The van der Waals surface area contributed by atoms with Gasteiger partial charge in [-0.05, 0) is 32.4 Å². The van der Waals surface area contributed by atoms with Gasteiger partial charge in [-0.25, -0.2) is 0 Å². The minimum absolute atomic E-state index is 0.276. The van der Waals surface area contributed by atoms with Crippen molar-refractivity contribution in [2.24, 2.45) is 0 Å². The van der Waals surface area contributed by atoms with Crippen LogP contribution in [0, 0.1) is 6.92 Å². The Labute approximate surface area is 121 Å². The minimum atomic E-state index is 0.276. The molecule has 1 unspecified atom stereocenters. The Balaban J connectivity index is 2.13. The first kappa shape index (κ1) is 14.6. The summed E-state index contributed by atoms with van der Waals surface area (Å²) in [5.41, 5.74) is 4.94. The van der Waals surface area contributed by atoms with Crippen molar-refractivity contribution in [2.45, 2.75) is 33.4 Å². The maximum atomic E-state index is 5.53. The summed E-state index contributed by atoms with van der Waals surface area (Å²) in [5, 5.41) is 3.58. The van der Waals surface area contributed by atoms with Crippen molar-refractivity contribution in [3.05, 3.63) is 65.2 Å². The van der Waals surface area contributed by atoms with Gasteiger partial charge in [0.1, 0.15) is 0 Å². The number of hydrogen-bond donors (Lipinski definition) is 1. The molecule has 0 amide bonds. The molecule has 2 aromatic rings. The molecule has 0 aliphatic heterocycles. The topological polar surface area (TPSA) is 21.3 Å². The number of nitrogens with one attached hydrogen (secondary N) is 1. The first-order valence-corrected chi connectivity index (χ1v) is 7.19. The smallest absolute Gasteiger partial charge is 0.0736 e. The van der Waals surface area contributed by atoms with E-state index in [9.17, 15) is 0 Å².